The fraction of sp³-hybridized carbons (Fsp3) is 0.222. The molecule has 2 aromatic carbocycles. The molecule has 23 heavy (non-hydrogen) atoms. The summed E-state index contributed by atoms with van der Waals surface area (Å²) in [6.07, 6.45) is 0.341. The second-order valence-corrected chi connectivity index (χ2v) is 6.50. The first-order valence-electron chi connectivity index (χ1n) is 7.36. The Morgan fingerprint density at radius 1 is 1.22 bits per heavy atom. The molecular weight excluding hydrogens is 308 g/mol. The molecule has 0 aliphatic rings. The van der Waals surface area contributed by atoms with E-state index < -0.39 is 0 Å². The van der Waals surface area contributed by atoms with Crippen molar-refractivity contribution in [3.8, 4) is 5.75 Å². The number of para-hydroxylation sites is 1. The molecule has 4 nitrogen and oxygen atoms in total. The second kappa shape index (κ2) is 6.38. The zero-order valence-corrected chi connectivity index (χ0v) is 14.2. The van der Waals surface area contributed by atoms with Crippen molar-refractivity contribution in [3.05, 3.63) is 53.1 Å². The van der Waals surface area contributed by atoms with Gasteiger partial charge < -0.3 is 10.1 Å². The third-order valence-corrected chi connectivity index (χ3v) is 4.72. The molecule has 1 N–H and O–H groups in total. The number of nitrogens with zero attached hydrogens (tertiary/aromatic N) is 1. The van der Waals surface area contributed by atoms with E-state index >= 15 is 0 Å². The number of ether oxygens (including phenoxy) is 1. The number of hydrogen-bond donors (Lipinski definition) is 1. The minimum absolute atomic E-state index is 0.0636. The molecule has 5 heteroatoms. The SMILES string of the molecule is COc1cccc2sc(NC(=O)Cc3ccc(C)c(C)c3)nc12. The number of carbonyl (C=O) groups excluding carboxylic acids is 1. The van der Waals surface area contributed by atoms with E-state index in [0.29, 0.717) is 17.3 Å². The van der Waals surface area contributed by atoms with Gasteiger partial charge in [0.25, 0.3) is 0 Å². The summed E-state index contributed by atoms with van der Waals surface area (Å²) >= 11 is 1.45. The molecule has 1 amide bonds. The quantitative estimate of drug-likeness (QED) is 0.785. The van der Waals surface area contributed by atoms with Crippen molar-refractivity contribution in [2.24, 2.45) is 0 Å². The van der Waals surface area contributed by atoms with Gasteiger partial charge in [-0.2, -0.15) is 0 Å². The maximum atomic E-state index is 12.2. The lowest BCUT2D eigenvalue weighted by atomic mass is 10.0. The molecule has 0 aliphatic heterocycles. The molecule has 0 spiro atoms. The predicted octanol–water partition coefficient (Wildman–Crippen LogP) is 4.10. The third-order valence-electron chi connectivity index (χ3n) is 3.78. The zero-order valence-electron chi connectivity index (χ0n) is 13.3. The molecule has 0 aliphatic carbocycles. The number of hydrogen-bond acceptors (Lipinski definition) is 4. The number of methoxy groups -OCH3 is 1. The number of carbonyl (C=O) groups is 1. The smallest absolute Gasteiger partial charge is 0.230 e. The topological polar surface area (TPSA) is 51.2 Å². The van der Waals surface area contributed by atoms with Gasteiger partial charge in [0, 0.05) is 0 Å². The van der Waals surface area contributed by atoms with Crippen LogP contribution in [0.2, 0.25) is 0 Å². The molecule has 3 rings (SSSR count). The lowest BCUT2D eigenvalue weighted by Gasteiger charge is -2.05. The summed E-state index contributed by atoms with van der Waals surface area (Å²) in [7, 11) is 1.62. The molecule has 0 fully saturated rings. The average Bonchev–Trinajstić information content (AvgIpc) is 2.92. The van der Waals surface area contributed by atoms with Gasteiger partial charge >= 0.3 is 0 Å². The van der Waals surface area contributed by atoms with E-state index in [4.69, 9.17) is 4.74 Å². The molecule has 0 radical (unpaired) electrons. The number of rotatable bonds is 4. The van der Waals surface area contributed by atoms with E-state index in [1.807, 2.05) is 30.3 Å². The maximum absolute atomic E-state index is 12.2. The number of thiazole rings is 1. The van der Waals surface area contributed by atoms with E-state index in [2.05, 4.69) is 30.2 Å². The van der Waals surface area contributed by atoms with Crippen molar-refractivity contribution < 1.29 is 9.53 Å². The van der Waals surface area contributed by atoms with E-state index in [1.54, 1.807) is 7.11 Å². The van der Waals surface area contributed by atoms with Gasteiger partial charge in [0.1, 0.15) is 11.3 Å². The molecule has 0 saturated carbocycles. The highest BCUT2D eigenvalue weighted by atomic mass is 32.1. The first-order chi connectivity index (χ1) is 11.1. The van der Waals surface area contributed by atoms with Crippen LogP contribution < -0.4 is 10.1 Å². The Hall–Kier alpha value is -2.40. The van der Waals surface area contributed by atoms with Crippen molar-refractivity contribution >= 4 is 32.6 Å². The summed E-state index contributed by atoms with van der Waals surface area (Å²) in [5.41, 5.74) is 4.21. The summed E-state index contributed by atoms with van der Waals surface area (Å²) in [6, 6.07) is 11.8. The van der Waals surface area contributed by atoms with Crippen molar-refractivity contribution in [3.63, 3.8) is 0 Å². The monoisotopic (exact) mass is 326 g/mol. The minimum Gasteiger partial charge on any atom is -0.494 e. The van der Waals surface area contributed by atoms with Crippen LogP contribution in [0.15, 0.2) is 36.4 Å². The lowest BCUT2D eigenvalue weighted by molar-refractivity contribution is -0.115. The molecule has 1 aromatic heterocycles. The average molecular weight is 326 g/mol. The van der Waals surface area contributed by atoms with Crippen LogP contribution in [0.3, 0.4) is 0 Å². The van der Waals surface area contributed by atoms with Crippen LogP contribution in [-0.4, -0.2) is 18.0 Å². The third kappa shape index (κ3) is 3.35. The maximum Gasteiger partial charge on any atom is 0.230 e. The van der Waals surface area contributed by atoms with E-state index in [9.17, 15) is 4.79 Å². The largest absolute Gasteiger partial charge is 0.494 e. The zero-order chi connectivity index (χ0) is 16.4. The highest BCUT2D eigenvalue weighted by molar-refractivity contribution is 7.22. The summed E-state index contributed by atoms with van der Waals surface area (Å²) < 4.78 is 6.29. The highest BCUT2D eigenvalue weighted by Gasteiger charge is 2.11. The van der Waals surface area contributed by atoms with Gasteiger partial charge in [-0.1, -0.05) is 35.6 Å². The number of anilines is 1. The fourth-order valence-corrected chi connectivity index (χ4v) is 3.30. The first kappa shape index (κ1) is 15.5. The Morgan fingerprint density at radius 3 is 2.78 bits per heavy atom. The summed E-state index contributed by atoms with van der Waals surface area (Å²) in [4.78, 5) is 16.7. The van der Waals surface area contributed by atoms with Crippen molar-refractivity contribution in [2.75, 3.05) is 12.4 Å². The summed E-state index contributed by atoms with van der Waals surface area (Å²) in [5, 5.41) is 3.47. The van der Waals surface area contributed by atoms with Crippen LogP contribution in [0.5, 0.6) is 5.75 Å². The predicted molar refractivity (Wildman–Crippen MR) is 94.4 cm³/mol. The van der Waals surface area contributed by atoms with Gasteiger partial charge in [-0.25, -0.2) is 4.98 Å². The Bertz CT molecular complexity index is 871. The molecule has 1 heterocycles. The van der Waals surface area contributed by atoms with E-state index in [0.717, 1.165) is 15.8 Å². The van der Waals surface area contributed by atoms with Gasteiger partial charge in [0.2, 0.25) is 5.91 Å². The summed E-state index contributed by atoms with van der Waals surface area (Å²) in [6.45, 7) is 4.12. The molecule has 3 aromatic rings. The number of nitrogens with one attached hydrogen (secondary N) is 1. The van der Waals surface area contributed by atoms with Gasteiger partial charge in [-0.3, -0.25) is 4.79 Å². The second-order valence-electron chi connectivity index (χ2n) is 5.47. The van der Waals surface area contributed by atoms with Crippen LogP contribution in [0.25, 0.3) is 10.2 Å². The molecule has 0 unspecified atom stereocenters. The van der Waals surface area contributed by atoms with Gasteiger partial charge in [-0.05, 0) is 42.7 Å². The Labute approximate surface area is 139 Å². The Morgan fingerprint density at radius 2 is 2.04 bits per heavy atom. The van der Waals surface area contributed by atoms with E-state index in [-0.39, 0.29) is 5.91 Å². The minimum atomic E-state index is -0.0636. The number of fused-ring (bicyclic) bond motifs is 1. The number of aromatic nitrogens is 1. The molecular formula is C18H18N2O2S. The van der Waals surface area contributed by atoms with Gasteiger partial charge in [0.05, 0.1) is 18.2 Å². The standard InChI is InChI=1S/C18H18N2O2S/c1-11-7-8-13(9-12(11)2)10-16(21)19-18-20-17-14(22-3)5-4-6-15(17)23-18/h4-9H,10H2,1-3H3,(H,19,20,21). The normalized spacial score (nSPS) is 10.7. The molecule has 0 atom stereocenters. The van der Waals surface area contributed by atoms with Crippen LogP contribution in [0, 0.1) is 13.8 Å². The van der Waals surface area contributed by atoms with E-state index in [1.165, 1.54) is 22.5 Å². The summed E-state index contributed by atoms with van der Waals surface area (Å²) in [5.74, 6) is 0.652. The van der Waals surface area contributed by atoms with Crippen LogP contribution in [0.1, 0.15) is 16.7 Å². The van der Waals surface area contributed by atoms with Crippen molar-refractivity contribution in [1.29, 1.82) is 0 Å². The van der Waals surface area contributed by atoms with Crippen LogP contribution in [-0.2, 0) is 11.2 Å². The van der Waals surface area contributed by atoms with Gasteiger partial charge in [-0.15, -0.1) is 0 Å². The molecule has 0 saturated heterocycles. The Balaban J connectivity index is 1.76. The lowest BCUT2D eigenvalue weighted by Crippen LogP contribution is -2.14. The number of amides is 1. The van der Waals surface area contributed by atoms with Crippen molar-refractivity contribution in [2.45, 2.75) is 20.3 Å². The fourth-order valence-electron chi connectivity index (χ4n) is 2.40. The number of benzene rings is 2. The van der Waals surface area contributed by atoms with Gasteiger partial charge in [0.15, 0.2) is 5.13 Å². The Kier molecular flexibility index (Phi) is 4.30. The number of aryl methyl sites for hydroxylation is 2. The van der Waals surface area contributed by atoms with Crippen LogP contribution >= 0.6 is 11.3 Å². The molecule has 0 bridgehead atoms. The highest BCUT2D eigenvalue weighted by Crippen LogP contribution is 2.32. The van der Waals surface area contributed by atoms with Crippen molar-refractivity contribution in [1.82, 2.24) is 4.98 Å². The first-order valence-corrected chi connectivity index (χ1v) is 8.18. The molecule has 118 valence electrons. The van der Waals surface area contributed by atoms with Crippen LogP contribution in [0.4, 0.5) is 5.13 Å².